The van der Waals surface area contributed by atoms with E-state index in [0.717, 1.165) is 5.56 Å². The molecule has 0 aliphatic rings. The van der Waals surface area contributed by atoms with Crippen LogP contribution in [0.2, 0.25) is 0 Å². The summed E-state index contributed by atoms with van der Waals surface area (Å²) in [6.07, 6.45) is 2.17. The van der Waals surface area contributed by atoms with Gasteiger partial charge in [0.25, 0.3) is 5.56 Å². The van der Waals surface area contributed by atoms with Gasteiger partial charge in [0.2, 0.25) is 0 Å². The topological polar surface area (TPSA) is 83.7 Å². The lowest BCUT2D eigenvalue weighted by Gasteiger charge is -2.24. The molecule has 0 bridgehead atoms. The first-order chi connectivity index (χ1) is 9.85. The van der Waals surface area contributed by atoms with Crippen molar-refractivity contribution in [1.82, 2.24) is 14.7 Å². The Balaban J connectivity index is 2.30. The molecule has 0 spiro atoms. The Hall–Kier alpha value is -2.21. The number of nitrogens with zero attached hydrogens (tertiary/aromatic N) is 2. The Bertz CT molecular complexity index is 739. The molecule has 6 heteroatoms. The first kappa shape index (κ1) is 15.2. The minimum Gasteiger partial charge on any atom is -0.480 e. The smallest absolute Gasteiger partial charge is 0.323 e. The zero-order chi connectivity index (χ0) is 15.6. The van der Waals surface area contributed by atoms with Crippen molar-refractivity contribution < 1.29 is 9.90 Å². The van der Waals surface area contributed by atoms with Gasteiger partial charge in [-0.05, 0) is 31.9 Å². The number of aryl methyl sites for hydroxylation is 1. The van der Waals surface area contributed by atoms with E-state index in [0.29, 0.717) is 17.8 Å². The maximum atomic E-state index is 12.1. The Morgan fingerprint density at radius 1 is 1.48 bits per heavy atom. The van der Waals surface area contributed by atoms with Crippen LogP contribution in [0.4, 0.5) is 0 Å². The zero-order valence-corrected chi connectivity index (χ0v) is 12.4. The van der Waals surface area contributed by atoms with E-state index < -0.39 is 11.5 Å². The standard InChI is InChI=1S/C15H19N3O3/c1-4-15(3,14(20)21)16-8-11-7-13(19)18-9-10(2)5-6-12(18)17-11/h5-7,9,16H,4,8H2,1-3H3,(H,20,21). The van der Waals surface area contributed by atoms with Gasteiger partial charge in [-0.2, -0.15) is 0 Å². The fourth-order valence-electron chi connectivity index (χ4n) is 1.99. The number of hydrogen-bond acceptors (Lipinski definition) is 4. The Morgan fingerprint density at radius 2 is 2.19 bits per heavy atom. The fourth-order valence-corrected chi connectivity index (χ4v) is 1.99. The molecule has 0 aliphatic carbocycles. The van der Waals surface area contributed by atoms with Crippen LogP contribution < -0.4 is 10.9 Å². The number of aliphatic carboxylic acids is 1. The van der Waals surface area contributed by atoms with Gasteiger partial charge < -0.3 is 5.11 Å². The van der Waals surface area contributed by atoms with Gasteiger partial charge in [0, 0.05) is 18.8 Å². The zero-order valence-electron chi connectivity index (χ0n) is 12.4. The predicted molar refractivity (Wildman–Crippen MR) is 79.4 cm³/mol. The molecule has 0 amide bonds. The number of carboxylic acids is 1. The molecule has 2 rings (SSSR count). The third-order valence-electron chi connectivity index (χ3n) is 3.70. The second-order valence-corrected chi connectivity index (χ2v) is 5.36. The highest BCUT2D eigenvalue weighted by atomic mass is 16.4. The minimum atomic E-state index is -1.03. The number of carbonyl (C=O) groups is 1. The highest BCUT2D eigenvalue weighted by Gasteiger charge is 2.30. The van der Waals surface area contributed by atoms with Crippen LogP contribution in [0.5, 0.6) is 0 Å². The lowest BCUT2D eigenvalue weighted by molar-refractivity contribution is -0.144. The average Bonchev–Trinajstić information content (AvgIpc) is 2.45. The molecule has 112 valence electrons. The van der Waals surface area contributed by atoms with E-state index in [9.17, 15) is 14.7 Å². The lowest BCUT2D eigenvalue weighted by Crippen LogP contribution is -2.48. The van der Waals surface area contributed by atoms with Gasteiger partial charge >= 0.3 is 5.97 Å². The summed E-state index contributed by atoms with van der Waals surface area (Å²) in [5.74, 6) is -0.918. The molecule has 2 aromatic rings. The number of rotatable bonds is 5. The molecule has 1 atom stereocenters. The van der Waals surface area contributed by atoms with Crippen LogP contribution in [-0.4, -0.2) is 26.0 Å². The highest BCUT2D eigenvalue weighted by Crippen LogP contribution is 2.10. The van der Waals surface area contributed by atoms with E-state index in [1.165, 1.54) is 10.5 Å². The van der Waals surface area contributed by atoms with Gasteiger partial charge in [-0.3, -0.25) is 19.3 Å². The molecule has 0 aliphatic heterocycles. The molecule has 2 aromatic heterocycles. The van der Waals surface area contributed by atoms with E-state index in [-0.39, 0.29) is 12.1 Å². The van der Waals surface area contributed by atoms with Crippen molar-refractivity contribution in [2.45, 2.75) is 39.3 Å². The largest absolute Gasteiger partial charge is 0.480 e. The summed E-state index contributed by atoms with van der Waals surface area (Å²) in [4.78, 5) is 27.7. The Morgan fingerprint density at radius 3 is 2.81 bits per heavy atom. The van der Waals surface area contributed by atoms with Gasteiger partial charge in [-0.25, -0.2) is 4.98 Å². The molecule has 2 N–H and O–H groups in total. The number of hydrogen-bond donors (Lipinski definition) is 2. The SMILES string of the molecule is CCC(C)(NCc1cc(=O)n2cc(C)ccc2n1)C(=O)O. The van der Waals surface area contributed by atoms with Crippen LogP contribution in [0.3, 0.4) is 0 Å². The molecule has 0 radical (unpaired) electrons. The van der Waals surface area contributed by atoms with Crippen molar-refractivity contribution in [3.8, 4) is 0 Å². The van der Waals surface area contributed by atoms with Crippen LogP contribution in [0.1, 0.15) is 31.5 Å². The molecule has 0 fully saturated rings. The molecular formula is C15H19N3O3. The maximum absolute atomic E-state index is 12.1. The highest BCUT2D eigenvalue weighted by molar-refractivity contribution is 5.78. The van der Waals surface area contributed by atoms with Crippen LogP contribution >= 0.6 is 0 Å². The Labute approximate surface area is 122 Å². The first-order valence-electron chi connectivity index (χ1n) is 6.83. The first-order valence-corrected chi connectivity index (χ1v) is 6.83. The van der Waals surface area contributed by atoms with Crippen LogP contribution in [0.25, 0.3) is 5.65 Å². The van der Waals surface area contributed by atoms with Crippen molar-refractivity contribution in [3.05, 3.63) is 46.0 Å². The van der Waals surface area contributed by atoms with Gasteiger partial charge in [0.15, 0.2) is 0 Å². The molecule has 6 nitrogen and oxygen atoms in total. The van der Waals surface area contributed by atoms with E-state index >= 15 is 0 Å². The van der Waals surface area contributed by atoms with E-state index in [4.69, 9.17) is 0 Å². The molecular weight excluding hydrogens is 270 g/mol. The molecule has 0 saturated heterocycles. The lowest BCUT2D eigenvalue weighted by atomic mass is 9.99. The van der Waals surface area contributed by atoms with Crippen molar-refractivity contribution >= 4 is 11.6 Å². The monoisotopic (exact) mass is 289 g/mol. The van der Waals surface area contributed by atoms with Gasteiger partial charge in [-0.1, -0.05) is 13.0 Å². The summed E-state index contributed by atoms with van der Waals surface area (Å²) in [5.41, 5.74) is 0.860. The molecule has 2 heterocycles. The Kier molecular flexibility index (Phi) is 4.09. The van der Waals surface area contributed by atoms with Crippen molar-refractivity contribution in [1.29, 1.82) is 0 Å². The van der Waals surface area contributed by atoms with Crippen molar-refractivity contribution in [2.75, 3.05) is 0 Å². The van der Waals surface area contributed by atoms with E-state index in [1.54, 1.807) is 26.1 Å². The van der Waals surface area contributed by atoms with Crippen LogP contribution in [0.15, 0.2) is 29.2 Å². The van der Waals surface area contributed by atoms with E-state index in [2.05, 4.69) is 10.3 Å². The van der Waals surface area contributed by atoms with Crippen LogP contribution in [-0.2, 0) is 11.3 Å². The van der Waals surface area contributed by atoms with E-state index in [1.807, 2.05) is 13.0 Å². The van der Waals surface area contributed by atoms with Crippen molar-refractivity contribution in [3.63, 3.8) is 0 Å². The number of carboxylic acid groups (broad SMARTS) is 1. The van der Waals surface area contributed by atoms with Gasteiger partial charge in [0.05, 0.1) is 5.69 Å². The maximum Gasteiger partial charge on any atom is 0.323 e. The minimum absolute atomic E-state index is 0.172. The fraction of sp³-hybridized carbons (Fsp3) is 0.400. The second-order valence-electron chi connectivity index (χ2n) is 5.36. The van der Waals surface area contributed by atoms with Gasteiger partial charge in [0.1, 0.15) is 11.2 Å². The molecule has 21 heavy (non-hydrogen) atoms. The average molecular weight is 289 g/mol. The quantitative estimate of drug-likeness (QED) is 0.868. The molecule has 1 unspecified atom stereocenters. The predicted octanol–water partition coefficient (Wildman–Crippen LogP) is 1.35. The number of pyridine rings is 1. The van der Waals surface area contributed by atoms with Crippen molar-refractivity contribution in [2.24, 2.45) is 0 Å². The third kappa shape index (κ3) is 3.11. The summed E-state index contributed by atoms with van der Waals surface area (Å²) in [6, 6.07) is 5.08. The summed E-state index contributed by atoms with van der Waals surface area (Å²) in [7, 11) is 0. The second kappa shape index (κ2) is 5.65. The number of fused-ring (bicyclic) bond motifs is 1. The number of aromatic nitrogens is 2. The third-order valence-corrected chi connectivity index (χ3v) is 3.70. The summed E-state index contributed by atoms with van der Waals surface area (Å²) < 4.78 is 1.48. The molecule has 0 aromatic carbocycles. The summed E-state index contributed by atoms with van der Waals surface area (Å²) in [5, 5.41) is 12.2. The molecule has 0 saturated carbocycles. The van der Waals surface area contributed by atoms with Crippen LogP contribution in [0, 0.1) is 6.92 Å². The van der Waals surface area contributed by atoms with Gasteiger partial charge in [-0.15, -0.1) is 0 Å². The summed E-state index contributed by atoms with van der Waals surface area (Å²) in [6.45, 7) is 5.55. The summed E-state index contributed by atoms with van der Waals surface area (Å²) >= 11 is 0. The normalized spacial score (nSPS) is 14.0. The number of nitrogens with one attached hydrogen (secondary N) is 1.